The second kappa shape index (κ2) is 10.3. The van der Waals surface area contributed by atoms with E-state index in [1.165, 1.54) is 17.7 Å². The van der Waals surface area contributed by atoms with Gasteiger partial charge in [0.15, 0.2) is 5.96 Å². The van der Waals surface area contributed by atoms with Gasteiger partial charge in [0, 0.05) is 43.4 Å². The number of nitrogens with zero attached hydrogens (tertiary/aromatic N) is 2. The van der Waals surface area contributed by atoms with E-state index in [1.54, 1.807) is 0 Å². The summed E-state index contributed by atoms with van der Waals surface area (Å²) in [5.74, 6) is 1.53. The molecule has 0 radical (unpaired) electrons. The molecule has 1 aromatic rings. The highest BCUT2D eigenvalue weighted by atomic mass is 127. The van der Waals surface area contributed by atoms with E-state index >= 15 is 0 Å². The molecule has 2 unspecified atom stereocenters. The van der Waals surface area contributed by atoms with Crippen molar-refractivity contribution in [3.63, 3.8) is 0 Å². The van der Waals surface area contributed by atoms with Crippen LogP contribution < -0.4 is 15.5 Å². The van der Waals surface area contributed by atoms with Gasteiger partial charge < -0.3 is 15.5 Å². The molecular weight excluding hydrogens is 435 g/mol. The summed E-state index contributed by atoms with van der Waals surface area (Å²) >= 11 is 6.15. The molecule has 2 atom stereocenters. The Hall–Kier alpha value is -0.690. The largest absolute Gasteiger partial charge is 0.371 e. The van der Waals surface area contributed by atoms with Crippen LogP contribution in [0.3, 0.4) is 0 Å². The fourth-order valence-corrected chi connectivity index (χ4v) is 3.08. The number of hydrogen-bond donors (Lipinski definition) is 2. The van der Waals surface area contributed by atoms with Gasteiger partial charge in [-0.2, -0.15) is 0 Å². The van der Waals surface area contributed by atoms with Crippen LogP contribution in [0.2, 0.25) is 5.02 Å². The number of benzene rings is 1. The lowest BCUT2D eigenvalue weighted by molar-refractivity contribution is 0.554. The Balaban J connectivity index is 0.00000288. The molecule has 0 amide bonds. The van der Waals surface area contributed by atoms with Crippen molar-refractivity contribution in [3.8, 4) is 0 Å². The lowest BCUT2D eigenvalue weighted by Gasteiger charge is -2.22. The van der Waals surface area contributed by atoms with E-state index in [9.17, 15) is 0 Å². The lowest BCUT2D eigenvalue weighted by Crippen LogP contribution is -2.43. The Bertz CT molecular complexity index is 550. The molecule has 2 N–H and O–H groups in total. The normalized spacial score (nSPS) is 19.0. The highest BCUT2D eigenvalue weighted by molar-refractivity contribution is 14.0. The van der Waals surface area contributed by atoms with Crippen molar-refractivity contribution in [2.45, 2.75) is 39.7 Å². The maximum atomic E-state index is 6.15. The zero-order chi connectivity index (χ0) is 16.8. The van der Waals surface area contributed by atoms with Crippen molar-refractivity contribution in [1.82, 2.24) is 10.6 Å². The fourth-order valence-electron chi connectivity index (χ4n) is 2.91. The summed E-state index contributed by atoms with van der Waals surface area (Å²) in [6.07, 6.45) is 2.28. The van der Waals surface area contributed by atoms with Crippen molar-refractivity contribution in [2.24, 2.45) is 10.9 Å². The SMILES string of the molecule is CCC(C)NC(=NC)NCC1CCN(c2cc(Cl)ccc2C)C1.I. The Kier molecular flexibility index (Phi) is 9.19. The Morgan fingerprint density at radius 2 is 2.21 bits per heavy atom. The summed E-state index contributed by atoms with van der Waals surface area (Å²) in [6, 6.07) is 6.58. The van der Waals surface area contributed by atoms with Crippen molar-refractivity contribution >= 4 is 47.2 Å². The second-order valence-corrected chi connectivity index (χ2v) is 6.87. The maximum absolute atomic E-state index is 6.15. The minimum Gasteiger partial charge on any atom is -0.371 e. The first-order valence-electron chi connectivity index (χ1n) is 8.51. The second-order valence-electron chi connectivity index (χ2n) is 6.44. The van der Waals surface area contributed by atoms with Gasteiger partial charge in [-0.15, -0.1) is 24.0 Å². The van der Waals surface area contributed by atoms with Gasteiger partial charge in [-0.1, -0.05) is 24.6 Å². The van der Waals surface area contributed by atoms with Gasteiger partial charge in [0.2, 0.25) is 0 Å². The van der Waals surface area contributed by atoms with Crippen LogP contribution in [0.4, 0.5) is 5.69 Å². The summed E-state index contributed by atoms with van der Waals surface area (Å²) in [5.41, 5.74) is 2.55. The number of aliphatic imine (C=N–C) groups is 1. The summed E-state index contributed by atoms with van der Waals surface area (Å²) in [6.45, 7) is 9.60. The van der Waals surface area contributed by atoms with Crippen LogP contribution in [-0.2, 0) is 0 Å². The third-order valence-corrected chi connectivity index (χ3v) is 4.81. The first-order valence-corrected chi connectivity index (χ1v) is 8.89. The molecule has 4 nitrogen and oxygen atoms in total. The van der Waals surface area contributed by atoms with E-state index in [4.69, 9.17) is 11.6 Å². The molecule has 24 heavy (non-hydrogen) atoms. The van der Waals surface area contributed by atoms with Gasteiger partial charge >= 0.3 is 0 Å². The van der Waals surface area contributed by atoms with Gasteiger partial charge in [0.25, 0.3) is 0 Å². The van der Waals surface area contributed by atoms with E-state index in [0.717, 1.165) is 37.0 Å². The number of aryl methyl sites for hydroxylation is 1. The Morgan fingerprint density at radius 3 is 2.88 bits per heavy atom. The molecule has 0 aliphatic carbocycles. The van der Waals surface area contributed by atoms with Crippen LogP contribution in [0.1, 0.15) is 32.3 Å². The summed E-state index contributed by atoms with van der Waals surface area (Å²) in [5, 5.41) is 7.68. The lowest BCUT2D eigenvalue weighted by atomic mass is 10.1. The molecule has 1 heterocycles. The highest BCUT2D eigenvalue weighted by Gasteiger charge is 2.24. The van der Waals surface area contributed by atoms with E-state index < -0.39 is 0 Å². The summed E-state index contributed by atoms with van der Waals surface area (Å²) in [4.78, 5) is 6.75. The molecule has 0 saturated carbocycles. The zero-order valence-corrected chi connectivity index (χ0v) is 18.2. The molecule has 136 valence electrons. The first kappa shape index (κ1) is 21.4. The van der Waals surface area contributed by atoms with Crippen LogP contribution in [0.5, 0.6) is 0 Å². The molecule has 0 aromatic heterocycles. The zero-order valence-electron chi connectivity index (χ0n) is 15.1. The average molecular weight is 465 g/mol. The van der Waals surface area contributed by atoms with Gasteiger partial charge in [-0.05, 0) is 50.3 Å². The van der Waals surface area contributed by atoms with Crippen molar-refractivity contribution in [1.29, 1.82) is 0 Å². The third-order valence-electron chi connectivity index (χ3n) is 4.58. The summed E-state index contributed by atoms with van der Waals surface area (Å²) in [7, 11) is 1.83. The van der Waals surface area contributed by atoms with Crippen molar-refractivity contribution in [2.75, 3.05) is 31.6 Å². The minimum atomic E-state index is 0. The summed E-state index contributed by atoms with van der Waals surface area (Å²) < 4.78 is 0. The first-order chi connectivity index (χ1) is 11.0. The molecule has 2 rings (SSSR count). The van der Waals surface area contributed by atoms with Crippen LogP contribution in [-0.4, -0.2) is 38.7 Å². The van der Waals surface area contributed by atoms with Crippen molar-refractivity contribution < 1.29 is 0 Å². The van der Waals surface area contributed by atoms with E-state index in [2.05, 4.69) is 53.4 Å². The molecule has 1 aromatic carbocycles. The van der Waals surface area contributed by atoms with Crippen molar-refractivity contribution in [3.05, 3.63) is 28.8 Å². The van der Waals surface area contributed by atoms with Crippen LogP contribution in [0, 0.1) is 12.8 Å². The molecular formula is C18H30ClIN4. The number of hydrogen-bond acceptors (Lipinski definition) is 2. The van der Waals surface area contributed by atoms with Gasteiger partial charge in [0.05, 0.1) is 0 Å². The molecule has 0 spiro atoms. The van der Waals surface area contributed by atoms with Gasteiger partial charge in [0.1, 0.15) is 0 Å². The van der Waals surface area contributed by atoms with Crippen LogP contribution in [0.15, 0.2) is 23.2 Å². The predicted molar refractivity (Wildman–Crippen MR) is 116 cm³/mol. The van der Waals surface area contributed by atoms with E-state index in [0.29, 0.717) is 12.0 Å². The smallest absolute Gasteiger partial charge is 0.191 e. The average Bonchev–Trinajstić information content (AvgIpc) is 3.02. The Morgan fingerprint density at radius 1 is 1.46 bits per heavy atom. The highest BCUT2D eigenvalue weighted by Crippen LogP contribution is 2.29. The third kappa shape index (κ3) is 5.99. The van der Waals surface area contributed by atoms with Crippen LogP contribution in [0.25, 0.3) is 0 Å². The standard InChI is InChI=1S/C18H29ClN4.HI/c1-5-14(3)22-18(20-4)21-11-15-8-9-23(12-15)17-10-16(19)7-6-13(17)2;/h6-7,10,14-15H,5,8-9,11-12H2,1-4H3,(H2,20,21,22);1H. The molecule has 1 saturated heterocycles. The number of rotatable bonds is 5. The predicted octanol–water partition coefficient (Wildman–Crippen LogP) is 4.06. The molecule has 6 heteroatoms. The number of nitrogens with one attached hydrogen (secondary N) is 2. The number of guanidine groups is 1. The van der Waals surface area contributed by atoms with Crippen LogP contribution >= 0.6 is 35.6 Å². The molecule has 0 bridgehead atoms. The number of anilines is 1. The molecule has 1 aliphatic heterocycles. The minimum absolute atomic E-state index is 0. The monoisotopic (exact) mass is 464 g/mol. The molecule has 1 aliphatic rings. The topological polar surface area (TPSA) is 39.7 Å². The van der Waals surface area contributed by atoms with Gasteiger partial charge in [-0.25, -0.2) is 0 Å². The van der Waals surface area contributed by atoms with Gasteiger partial charge in [-0.3, -0.25) is 4.99 Å². The molecule has 1 fully saturated rings. The number of halogens is 2. The fraction of sp³-hybridized carbons (Fsp3) is 0.611. The van der Waals surface area contributed by atoms with E-state index in [-0.39, 0.29) is 24.0 Å². The van der Waals surface area contributed by atoms with E-state index in [1.807, 2.05) is 13.1 Å². The quantitative estimate of drug-likeness (QED) is 0.392. The maximum Gasteiger partial charge on any atom is 0.191 e. The Labute approximate surface area is 168 Å².